The van der Waals surface area contributed by atoms with E-state index in [0.29, 0.717) is 43.0 Å². The molecule has 0 spiro atoms. The van der Waals surface area contributed by atoms with E-state index in [1.807, 2.05) is 4.90 Å². The van der Waals surface area contributed by atoms with Crippen molar-refractivity contribution >= 4 is 23.0 Å². The summed E-state index contributed by atoms with van der Waals surface area (Å²) in [5, 5.41) is 0. The van der Waals surface area contributed by atoms with Gasteiger partial charge in [0.2, 0.25) is 5.69 Å². The average Bonchev–Trinajstić information content (AvgIpc) is 3.34. The standard InChI is InChI=1S/C30H29F3N4O/c1-18-12-20(13-19(2)37(18)24-8-4-21(31)5-9-24)30(38)27-17-36(29-11-7-23(34-3)15-35-29)16-26(27)25-10-6-22(32)14-28(25)33/h4-11,14-15,18-20,26-27H,12-13,16-17H2,1-2H3/t18-,19+,20?,26-,27+/m0/s1. The van der Waals surface area contributed by atoms with Crippen molar-refractivity contribution < 1.29 is 18.0 Å². The van der Waals surface area contributed by atoms with Crippen molar-refractivity contribution in [2.45, 2.75) is 44.7 Å². The number of anilines is 2. The Bertz CT molecular complexity index is 1340. The maximum Gasteiger partial charge on any atom is 0.205 e. The third-order valence-electron chi connectivity index (χ3n) is 7.96. The summed E-state index contributed by atoms with van der Waals surface area (Å²) in [6.07, 6.45) is 2.75. The Morgan fingerprint density at radius 2 is 1.63 bits per heavy atom. The van der Waals surface area contributed by atoms with Gasteiger partial charge in [-0.1, -0.05) is 12.1 Å². The molecule has 0 N–H and O–H groups in total. The van der Waals surface area contributed by atoms with E-state index < -0.39 is 23.5 Å². The smallest absolute Gasteiger partial charge is 0.205 e. The predicted octanol–water partition coefficient (Wildman–Crippen LogP) is 6.53. The van der Waals surface area contributed by atoms with Gasteiger partial charge in [0, 0.05) is 60.9 Å². The van der Waals surface area contributed by atoms with Crippen LogP contribution in [-0.2, 0) is 4.79 Å². The van der Waals surface area contributed by atoms with E-state index >= 15 is 0 Å². The van der Waals surface area contributed by atoms with E-state index in [1.165, 1.54) is 30.5 Å². The topological polar surface area (TPSA) is 40.8 Å². The Morgan fingerprint density at radius 1 is 0.947 bits per heavy atom. The number of hydrogen-bond donors (Lipinski definition) is 0. The Balaban J connectivity index is 1.41. The van der Waals surface area contributed by atoms with Gasteiger partial charge in [-0.2, -0.15) is 0 Å². The average molecular weight is 519 g/mol. The normalized spacial score (nSPS) is 25.3. The zero-order valence-electron chi connectivity index (χ0n) is 21.3. The van der Waals surface area contributed by atoms with Gasteiger partial charge in [0.15, 0.2) is 0 Å². The fourth-order valence-electron chi connectivity index (χ4n) is 6.27. The van der Waals surface area contributed by atoms with Crippen molar-refractivity contribution in [1.82, 2.24) is 4.98 Å². The lowest BCUT2D eigenvalue weighted by Gasteiger charge is -2.44. The number of aromatic nitrogens is 1. The van der Waals surface area contributed by atoms with Gasteiger partial charge in [-0.15, -0.1) is 0 Å². The first kappa shape index (κ1) is 25.8. The molecule has 2 fully saturated rings. The Labute approximate surface area is 220 Å². The monoisotopic (exact) mass is 518 g/mol. The quantitative estimate of drug-likeness (QED) is 0.360. The van der Waals surface area contributed by atoms with Crippen LogP contribution in [0.5, 0.6) is 0 Å². The fourth-order valence-corrected chi connectivity index (χ4v) is 6.27. The van der Waals surface area contributed by atoms with E-state index in [1.54, 1.807) is 24.3 Å². The summed E-state index contributed by atoms with van der Waals surface area (Å²) in [4.78, 5) is 26.0. The van der Waals surface area contributed by atoms with E-state index in [4.69, 9.17) is 6.57 Å². The molecule has 2 aliphatic heterocycles. The first-order valence-corrected chi connectivity index (χ1v) is 12.9. The third kappa shape index (κ3) is 4.98. The number of rotatable bonds is 5. The number of benzene rings is 2. The maximum absolute atomic E-state index is 14.9. The zero-order chi connectivity index (χ0) is 27.0. The predicted molar refractivity (Wildman–Crippen MR) is 141 cm³/mol. The summed E-state index contributed by atoms with van der Waals surface area (Å²) in [7, 11) is 0. The van der Waals surface area contributed by atoms with Crippen LogP contribution in [0.2, 0.25) is 0 Å². The molecule has 0 radical (unpaired) electrons. The molecule has 1 aromatic heterocycles. The van der Waals surface area contributed by atoms with Crippen LogP contribution in [0.1, 0.15) is 38.2 Å². The molecule has 3 aromatic rings. The van der Waals surface area contributed by atoms with Crippen molar-refractivity contribution in [2.24, 2.45) is 11.8 Å². The summed E-state index contributed by atoms with van der Waals surface area (Å²) < 4.78 is 42.1. The lowest BCUT2D eigenvalue weighted by molar-refractivity contribution is -0.127. The lowest BCUT2D eigenvalue weighted by Crippen LogP contribution is -2.49. The van der Waals surface area contributed by atoms with Crippen molar-refractivity contribution in [3.8, 4) is 0 Å². The van der Waals surface area contributed by atoms with E-state index in [0.717, 1.165) is 11.8 Å². The number of hydrogen-bond acceptors (Lipinski definition) is 4. The summed E-state index contributed by atoms with van der Waals surface area (Å²) >= 11 is 0. The molecule has 0 amide bonds. The number of ketones is 1. The molecule has 2 saturated heterocycles. The molecular weight excluding hydrogens is 489 g/mol. The van der Waals surface area contributed by atoms with Crippen LogP contribution in [0.3, 0.4) is 0 Å². The third-order valence-corrected chi connectivity index (χ3v) is 7.96. The number of Topliss-reactive ketones (excluding diaryl/α,β-unsaturated/α-hetero) is 1. The minimum Gasteiger partial charge on any atom is -0.366 e. The molecule has 3 heterocycles. The van der Waals surface area contributed by atoms with Crippen LogP contribution >= 0.6 is 0 Å². The zero-order valence-corrected chi connectivity index (χ0v) is 21.3. The summed E-state index contributed by atoms with van der Waals surface area (Å²) in [6, 6.07) is 13.5. The van der Waals surface area contributed by atoms with Gasteiger partial charge in [-0.3, -0.25) is 9.78 Å². The molecule has 196 valence electrons. The summed E-state index contributed by atoms with van der Waals surface area (Å²) in [6.45, 7) is 12.0. The largest absolute Gasteiger partial charge is 0.366 e. The van der Waals surface area contributed by atoms with Crippen LogP contribution in [0.25, 0.3) is 4.85 Å². The van der Waals surface area contributed by atoms with Crippen LogP contribution < -0.4 is 9.80 Å². The lowest BCUT2D eigenvalue weighted by atomic mass is 9.75. The highest BCUT2D eigenvalue weighted by atomic mass is 19.1. The van der Waals surface area contributed by atoms with Crippen LogP contribution in [-0.4, -0.2) is 35.9 Å². The van der Waals surface area contributed by atoms with Crippen molar-refractivity contribution in [3.05, 3.63) is 95.2 Å². The maximum atomic E-state index is 14.9. The van der Waals surface area contributed by atoms with E-state index in [9.17, 15) is 18.0 Å². The molecule has 1 unspecified atom stereocenters. The fraction of sp³-hybridized carbons (Fsp3) is 0.367. The van der Waals surface area contributed by atoms with Gasteiger partial charge >= 0.3 is 0 Å². The van der Waals surface area contributed by atoms with Crippen molar-refractivity contribution in [1.29, 1.82) is 0 Å². The number of carbonyl (C=O) groups excluding carboxylic acids is 1. The minimum absolute atomic E-state index is 0.0551. The second-order valence-electron chi connectivity index (χ2n) is 10.4. The number of carbonyl (C=O) groups is 1. The van der Waals surface area contributed by atoms with Crippen LogP contribution in [0, 0.1) is 35.9 Å². The van der Waals surface area contributed by atoms with Crippen LogP contribution in [0.4, 0.5) is 30.4 Å². The van der Waals surface area contributed by atoms with Gasteiger partial charge in [0.05, 0.1) is 6.57 Å². The highest BCUT2D eigenvalue weighted by Crippen LogP contribution is 2.41. The molecule has 5 rings (SSSR count). The summed E-state index contributed by atoms with van der Waals surface area (Å²) in [5.74, 6) is -2.06. The molecule has 5 nitrogen and oxygen atoms in total. The minimum atomic E-state index is -0.656. The van der Waals surface area contributed by atoms with Crippen molar-refractivity contribution in [2.75, 3.05) is 22.9 Å². The number of nitrogens with zero attached hydrogens (tertiary/aromatic N) is 4. The van der Waals surface area contributed by atoms with Crippen molar-refractivity contribution in [3.63, 3.8) is 0 Å². The molecular formula is C30H29F3N4O. The van der Waals surface area contributed by atoms with Gasteiger partial charge in [-0.25, -0.2) is 18.0 Å². The first-order valence-electron chi connectivity index (χ1n) is 12.9. The second kappa shape index (κ2) is 10.5. The summed E-state index contributed by atoms with van der Waals surface area (Å²) in [5.41, 5.74) is 1.66. The van der Waals surface area contributed by atoms with Gasteiger partial charge < -0.3 is 9.80 Å². The molecule has 5 atom stereocenters. The first-order chi connectivity index (χ1) is 18.2. The highest BCUT2D eigenvalue weighted by Gasteiger charge is 2.44. The number of pyridine rings is 1. The molecule has 0 bridgehead atoms. The number of halogens is 3. The molecule has 2 aromatic carbocycles. The second-order valence-corrected chi connectivity index (χ2v) is 10.4. The molecule has 0 saturated carbocycles. The highest BCUT2D eigenvalue weighted by molar-refractivity contribution is 5.86. The Kier molecular flexibility index (Phi) is 7.11. The Hall–Kier alpha value is -3.86. The molecule has 38 heavy (non-hydrogen) atoms. The van der Waals surface area contributed by atoms with Gasteiger partial charge in [0.1, 0.15) is 29.1 Å². The van der Waals surface area contributed by atoms with E-state index in [-0.39, 0.29) is 29.6 Å². The van der Waals surface area contributed by atoms with Gasteiger partial charge in [-0.05, 0) is 68.7 Å². The number of piperidine rings is 1. The van der Waals surface area contributed by atoms with Crippen LogP contribution in [0.15, 0.2) is 60.8 Å². The van der Waals surface area contributed by atoms with Gasteiger partial charge in [0.25, 0.3) is 0 Å². The van der Waals surface area contributed by atoms with E-state index in [2.05, 4.69) is 28.6 Å². The Morgan fingerprint density at radius 3 is 2.24 bits per heavy atom. The SMILES string of the molecule is [C-]#[N+]c1ccc(N2C[C@@H](C(=O)C3C[C@@H](C)N(c4ccc(F)cc4)[C@@H](C)C3)[C@H](c3ccc(F)cc3F)C2)nc1. The molecule has 2 aliphatic rings. The molecule has 8 heteroatoms. The molecule has 0 aliphatic carbocycles.